The van der Waals surface area contributed by atoms with Gasteiger partial charge in [0.2, 0.25) is 5.89 Å². The van der Waals surface area contributed by atoms with Gasteiger partial charge in [-0.3, -0.25) is 0 Å². The molecule has 0 spiro atoms. The fourth-order valence-corrected chi connectivity index (χ4v) is 13.0. The van der Waals surface area contributed by atoms with Crippen molar-refractivity contribution in [3.63, 3.8) is 0 Å². The molecule has 0 atom stereocenters. The van der Waals surface area contributed by atoms with Crippen molar-refractivity contribution in [3.05, 3.63) is 303 Å². The number of para-hydroxylation sites is 6. The smallest absolute Gasteiger partial charge is 0.227 e. The molecule has 0 aliphatic rings. The van der Waals surface area contributed by atoms with Crippen LogP contribution in [-0.4, -0.2) is 9.97 Å². The predicted octanol–water partition coefficient (Wildman–Crippen LogP) is 22.4. The second-order valence-electron chi connectivity index (χ2n) is 21.3. The Balaban J connectivity index is 0.728. The standard InChI is InChI=1S/C78H50N4O2S/c1-4-19-59(20-5-1)81(60-21-6-2-7-22-60)71-29-15-13-27-67(71)68-48-58(78-80-69-28-14-17-31-76(69)85-78)47-57-46-54(38-42-64(57)68)55-39-45-74-70(49-55)79-77(84-74)53-34-32-51(33-35-53)63-43-44-72(66-26-12-11-25-65(63)66)82(61-23-8-3-9-24-61)62-40-36-52(37-41-62)75-50-56-18-10-16-30-73(56)83-75/h1-50H. The quantitative estimate of drug-likeness (QED) is 0.121. The first kappa shape index (κ1) is 49.7. The van der Waals surface area contributed by atoms with Crippen LogP contribution in [0.4, 0.5) is 34.1 Å². The molecule has 3 heterocycles. The van der Waals surface area contributed by atoms with Crippen LogP contribution in [0.15, 0.2) is 312 Å². The highest BCUT2D eigenvalue weighted by molar-refractivity contribution is 7.21. The molecule has 13 aromatic carbocycles. The molecule has 400 valence electrons. The van der Waals surface area contributed by atoms with Crippen LogP contribution in [-0.2, 0) is 0 Å². The van der Waals surface area contributed by atoms with Gasteiger partial charge in [0.05, 0.1) is 21.6 Å². The van der Waals surface area contributed by atoms with Gasteiger partial charge in [0.1, 0.15) is 21.9 Å². The van der Waals surface area contributed by atoms with E-state index in [0.717, 1.165) is 149 Å². The van der Waals surface area contributed by atoms with Crippen LogP contribution in [0.2, 0.25) is 0 Å². The molecular weight excluding hydrogens is 1060 g/mol. The van der Waals surface area contributed by atoms with Crippen molar-refractivity contribution in [2.75, 3.05) is 9.80 Å². The molecule has 7 heteroatoms. The summed E-state index contributed by atoms with van der Waals surface area (Å²) in [6.45, 7) is 0. The first-order chi connectivity index (χ1) is 42.1. The Morgan fingerprint density at radius 3 is 1.64 bits per heavy atom. The third kappa shape index (κ3) is 9.16. The summed E-state index contributed by atoms with van der Waals surface area (Å²) in [5.41, 5.74) is 19.5. The van der Waals surface area contributed by atoms with E-state index in [2.05, 4.69) is 289 Å². The Bertz CT molecular complexity index is 5020. The highest BCUT2D eigenvalue weighted by atomic mass is 32.1. The lowest BCUT2D eigenvalue weighted by Crippen LogP contribution is -2.11. The van der Waals surface area contributed by atoms with Gasteiger partial charge in [-0.2, -0.15) is 0 Å². The monoisotopic (exact) mass is 1110 g/mol. The molecular formula is C78H50N4O2S. The third-order valence-corrected chi connectivity index (χ3v) is 17.2. The van der Waals surface area contributed by atoms with Gasteiger partial charge in [-0.1, -0.05) is 164 Å². The average Bonchev–Trinajstić information content (AvgIpc) is 3.93. The number of furan rings is 1. The van der Waals surface area contributed by atoms with Crippen LogP contribution >= 0.6 is 11.3 Å². The molecule has 0 fully saturated rings. The summed E-state index contributed by atoms with van der Waals surface area (Å²) in [6.07, 6.45) is 0. The molecule has 16 rings (SSSR count). The summed E-state index contributed by atoms with van der Waals surface area (Å²) >= 11 is 1.73. The largest absolute Gasteiger partial charge is 0.456 e. The van der Waals surface area contributed by atoms with Crippen molar-refractivity contribution in [1.82, 2.24) is 9.97 Å². The zero-order chi connectivity index (χ0) is 56.2. The molecule has 0 amide bonds. The summed E-state index contributed by atoms with van der Waals surface area (Å²) < 4.78 is 13.9. The van der Waals surface area contributed by atoms with E-state index in [1.807, 2.05) is 24.3 Å². The van der Waals surface area contributed by atoms with E-state index in [0.29, 0.717) is 5.89 Å². The maximum Gasteiger partial charge on any atom is 0.227 e. The van der Waals surface area contributed by atoms with Gasteiger partial charge in [0.15, 0.2) is 5.58 Å². The van der Waals surface area contributed by atoms with Crippen LogP contribution in [0.25, 0.3) is 121 Å². The van der Waals surface area contributed by atoms with E-state index in [1.165, 1.54) is 0 Å². The van der Waals surface area contributed by atoms with Gasteiger partial charge in [-0.15, -0.1) is 11.3 Å². The number of benzene rings is 13. The molecule has 6 nitrogen and oxygen atoms in total. The summed E-state index contributed by atoms with van der Waals surface area (Å²) in [5, 5.41) is 6.64. The summed E-state index contributed by atoms with van der Waals surface area (Å²) in [5.74, 6) is 1.42. The minimum absolute atomic E-state index is 0.575. The minimum atomic E-state index is 0.575. The molecule has 16 aromatic rings. The number of rotatable bonds is 12. The number of aromatic nitrogens is 2. The Morgan fingerprint density at radius 2 is 0.882 bits per heavy atom. The topological polar surface area (TPSA) is 58.5 Å². The lowest BCUT2D eigenvalue weighted by Gasteiger charge is -2.28. The van der Waals surface area contributed by atoms with Crippen molar-refractivity contribution in [3.8, 4) is 66.7 Å². The van der Waals surface area contributed by atoms with Crippen molar-refractivity contribution in [2.24, 2.45) is 0 Å². The van der Waals surface area contributed by atoms with Gasteiger partial charge in [0, 0.05) is 55.8 Å². The van der Waals surface area contributed by atoms with Crippen LogP contribution < -0.4 is 9.80 Å². The Labute approximate surface area is 495 Å². The fourth-order valence-electron chi connectivity index (χ4n) is 12.0. The predicted molar refractivity (Wildman–Crippen MR) is 354 cm³/mol. The van der Waals surface area contributed by atoms with Crippen LogP contribution in [0.3, 0.4) is 0 Å². The first-order valence-electron chi connectivity index (χ1n) is 28.5. The van der Waals surface area contributed by atoms with E-state index in [-0.39, 0.29) is 0 Å². The number of oxazole rings is 1. The van der Waals surface area contributed by atoms with Gasteiger partial charge in [-0.05, 0) is 184 Å². The third-order valence-electron chi connectivity index (χ3n) is 16.1. The molecule has 85 heavy (non-hydrogen) atoms. The molecule has 0 N–H and O–H groups in total. The van der Waals surface area contributed by atoms with Crippen molar-refractivity contribution < 1.29 is 8.83 Å². The maximum absolute atomic E-state index is 6.52. The van der Waals surface area contributed by atoms with Crippen molar-refractivity contribution in [1.29, 1.82) is 0 Å². The molecule has 0 saturated carbocycles. The maximum atomic E-state index is 6.52. The molecule has 0 aliphatic carbocycles. The number of fused-ring (bicyclic) bond motifs is 5. The number of hydrogen-bond donors (Lipinski definition) is 0. The number of anilines is 6. The highest BCUT2D eigenvalue weighted by Gasteiger charge is 2.22. The Morgan fingerprint density at radius 1 is 0.294 bits per heavy atom. The zero-order valence-electron chi connectivity index (χ0n) is 45.9. The molecule has 0 aliphatic heterocycles. The fraction of sp³-hybridized carbons (Fsp3) is 0. The zero-order valence-corrected chi connectivity index (χ0v) is 46.7. The van der Waals surface area contributed by atoms with E-state index < -0.39 is 0 Å². The minimum Gasteiger partial charge on any atom is -0.456 e. The number of nitrogens with zero attached hydrogens (tertiary/aromatic N) is 4. The van der Waals surface area contributed by atoms with Gasteiger partial charge in [0.25, 0.3) is 0 Å². The average molecular weight is 1110 g/mol. The number of thiazole rings is 1. The second kappa shape index (κ2) is 21.0. The van der Waals surface area contributed by atoms with E-state index >= 15 is 0 Å². The summed E-state index contributed by atoms with van der Waals surface area (Å²) in [6, 6.07) is 107. The van der Waals surface area contributed by atoms with E-state index in [9.17, 15) is 0 Å². The molecule has 0 saturated heterocycles. The SMILES string of the molecule is c1ccc(N(c2ccccc2)c2ccccc2-c2cc(-c3nc4ccccc4s3)cc3cc(-c4ccc5oc(-c6ccc(-c7ccc(N(c8ccccc8)c8ccc(-c9cc%10ccccc%10o9)cc8)c8ccccc78)cc6)nc5c4)ccc23)cc1. The molecule has 0 bridgehead atoms. The lowest BCUT2D eigenvalue weighted by atomic mass is 9.92. The van der Waals surface area contributed by atoms with E-state index in [1.54, 1.807) is 11.3 Å². The van der Waals surface area contributed by atoms with Gasteiger partial charge >= 0.3 is 0 Å². The van der Waals surface area contributed by atoms with E-state index in [4.69, 9.17) is 18.8 Å². The van der Waals surface area contributed by atoms with Crippen LogP contribution in [0.5, 0.6) is 0 Å². The van der Waals surface area contributed by atoms with Crippen LogP contribution in [0, 0.1) is 0 Å². The Kier molecular flexibility index (Phi) is 12.3. The van der Waals surface area contributed by atoms with Gasteiger partial charge < -0.3 is 18.6 Å². The Hall–Kier alpha value is -11.1. The molecule has 0 radical (unpaired) electrons. The highest BCUT2D eigenvalue weighted by Crippen LogP contribution is 2.47. The lowest BCUT2D eigenvalue weighted by molar-refractivity contribution is 0.620. The molecule has 3 aromatic heterocycles. The number of hydrogen-bond acceptors (Lipinski definition) is 7. The van der Waals surface area contributed by atoms with Crippen molar-refractivity contribution in [2.45, 2.75) is 0 Å². The molecule has 0 unspecified atom stereocenters. The first-order valence-corrected chi connectivity index (χ1v) is 29.3. The van der Waals surface area contributed by atoms with Crippen molar-refractivity contribution >= 4 is 99.3 Å². The van der Waals surface area contributed by atoms with Gasteiger partial charge in [-0.25, -0.2) is 9.97 Å². The second-order valence-corrected chi connectivity index (χ2v) is 22.3. The summed E-state index contributed by atoms with van der Waals surface area (Å²) in [4.78, 5) is 15.0. The normalized spacial score (nSPS) is 11.5. The summed E-state index contributed by atoms with van der Waals surface area (Å²) in [7, 11) is 0. The van der Waals surface area contributed by atoms with Crippen LogP contribution in [0.1, 0.15) is 0 Å².